The predicted octanol–water partition coefficient (Wildman–Crippen LogP) is 5.06. The number of carbonyl (C=O) groups is 2. The molecule has 58 heavy (non-hydrogen) atoms. The summed E-state index contributed by atoms with van der Waals surface area (Å²) < 4.78 is 62.8. The zero-order chi connectivity index (χ0) is 40.7. The second-order valence-corrected chi connectivity index (χ2v) is 16.5. The molecule has 2 saturated carbocycles. The zero-order valence-electron chi connectivity index (χ0n) is 32.7. The Morgan fingerprint density at radius 3 is 2.53 bits per heavy atom. The van der Waals surface area contributed by atoms with Crippen LogP contribution < -0.4 is 14.8 Å². The van der Waals surface area contributed by atoms with E-state index in [1.807, 2.05) is 43.4 Å². The Morgan fingerprint density at radius 2 is 1.78 bits per heavy atom. The van der Waals surface area contributed by atoms with Gasteiger partial charge in [-0.3, -0.25) is 14.5 Å². The van der Waals surface area contributed by atoms with Crippen molar-refractivity contribution >= 4 is 11.7 Å². The Hall–Kier alpha value is -4.21. The summed E-state index contributed by atoms with van der Waals surface area (Å²) >= 11 is 0. The fraction of sp³-hybridized carbons (Fsp3) is 0.545. The molecule has 1 amide bonds. The zero-order valence-corrected chi connectivity index (χ0v) is 32.7. The summed E-state index contributed by atoms with van der Waals surface area (Å²) in [5.74, 6) is 0.862. The number of nitrogens with one attached hydrogen (secondary N) is 1. The van der Waals surface area contributed by atoms with E-state index >= 15 is 0 Å². The molecule has 11 nitrogen and oxygen atoms in total. The number of carbonyl (C=O) groups excluding carboxylic acids is 2. The maximum Gasteiger partial charge on any atom is 0.416 e. The van der Waals surface area contributed by atoms with Crippen molar-refractivity contribution in [2.75, 3.05) is 66.2 Å². The van der Waals surface area contributed by atoms with E-state index in [1.54, 1.807) is 6.07 Å². The number of phenolic OH excluding ortho intramolecular Hbond substituents is 1. The largest absolute Gasteiger partial charge is 0.504 e. The third-order valence-electron chi connectivity index (χ3n) is 13.0. The topological polar surface area (TPSA) is 130 Å². The van der Waals surface area contributed by atoms with E-state index in [-0.39, 0.29) is 47.8 Å². The highest BCUT2D eigenvalue weighted by Gasteiger charge is 2.73. The van der Waals surface area contributed by atoms with E-state index in [9.17, 15) is 33.0 Å². The molecule has 7 atom stereocenters. The van der Waals surface area contributed by atoms with Gasteiger partial charge in [-0.25, -0.2) is 0 Å². The number of alkyl halides is 3. The molecule has 3 aromatic rings. The number of aliphatic hydroxyl groups is 1. The van der Waals surface area contributed by atoms with Crippen LogP contribution >= 0.6 is 0 Å². The summed E-state index contributed by atoms with van der Waals surface area (Å²) in [4.78, 5) is 30.5. The van der Waals surface area contributed by atoms with Crippen LogP contribution in [0.3, 0.4) is 0 Å². The number of amides is 1. The number of likely N-dealkylation sites (N-methyl/N-ethyl adjacent to an activating group) is 1. The Bertz CT molecular complexity index is 1950. The molecular weight excluding hydrogens is 755 g/mol. The lowest BCUT2D eigenvalue weighted by molar-refractivity contribution is -0.189. The number of aromatic hydroxyl groups is 1. The minimum Gasteiger partial charge on any atom is -0.504 e. The van der Waals surface area contributed by atoms with Gasteiger partial charge in [-0.05, 0) is 86.7 Å². The lowest BCUT2D eigenvalue weighted by Crippen LogP contribution is -2.76. The quantitative estimate of drug-likeness (QED) is 0.150. The number of benzene rings is 3. The maximum absolute atomic E-state index is 13.1. The van der Waals surface area contributed by atoms with Gasteiger partial charge < -0.3 is 39.4 Å². The lowest BCUT2D eigenvalue weighted by Gasteiger charge is -2.62. The molecule has 14 heteroatoms. The molecule has 1 spiro atoms. The molecule has 2 unspecified atom stereocenters. The molecule has 8 rings (SSSR count). The lowest BCUT2D eigenvalue weighted by atomic mass is 9.49. The average molecular weight is 808 g/mol. The molecule has 1 saturated heterocycles. The Morgan fingerprint density at radius 1 is 1.02 bits per heavy atom. The van der Waals surface area contributed by atoms with Crippen molar-refractivity contribution in [2.24, 2.45) is 11.8 Å². The van der Waals surface area contributed by atoms with E-state index in [1.165, 1.54) is 12.1 Å². The fourth-order valence-corrected chi connectivity index (χ4v) is 9.92. The van der Waals surface area contributed by atoms with Crippen molar-refractivity contribution in [1.29, 1.82) is 0 Å². The Labute approximate surface area is 336 Å². The molecule has 312 valence electrons. The number of Topliss-reactive ketones (excluding diaryl/α,β-unsaturated/α-hetero) is 1. The minimum atomic E-state index is -4.40. The first-order chi connectivity index (χ1) is 27.9. The van der Waals surface area contributed by atoms with Crippen LogP contribution in [-0.4, -0.2) is 116 Å². The fourth-order valence-electron chi connectivity index (χ4n) is 9.92. The molecule has 5 aliphatic rings. The third-order valence-corrected chi connectivity index (χ3v) is 13.0. The van der Waals surface area contributed by atoms with Crippen LogP contribution in [-0.2, 0) is 37.1 Å². The summed E-state index contributed by atoms with van der Waals surface area (Å²) in [5, 5.41) is 26.0. The maximum atomic E-state index is 13.1. The van der Waals surface area contributed by atoms with Gasteiger partial charge in [-0.15, -0.1) is 0 Å². The van der Waals surface area contributed by atoms with Crippen LogP contribution in [0.4, 0.5) is 13.2 Å². The number of piperidine rings is 1. The average Bonchev–Trinajstić information content (AvgIpc) is 3.88. The number of likely N-dealkylation sites (tertiary alicyclic amines) is 1. The van der Waals surface area contributed by atoms with Gasteiger partial charge in [0.2, 0.25) is 5.91 Å². The molecule has 2 bridgehead atoms. The molecule has 0 radical (unpaired) electrons. The van der Waals surface area contributed by atoms with Gasteiger partial charge in [0, 0.05) is 56.5 Å². The summed E-state index contributed by atoms with van der Waals surface area (Å²) in [6, 6.07) is 17.7. The Kier molecular flexibility index (Phi) is 11.5. The van der Waals surface area contributed by atoms with E-state index in [0.717, 1.165) is 35.2 Å². The molecule has 0 aromatic heterocycles. The van der Waals surface area contributed by atoms with Gasteiger partial charge in [0.05, 0.1) is 43.0 Å². The van der Waals surface area contributed by atoms with Gasteiger partial charge >= 0.3 is 6.18 Å². The number of halogens is 3. The molecule has 2 aliphatic heterocycles. The summed E-state index contributed by atoms with van der Waals surface area (Å²) in [7, 11) is 1.98. The normalized spacial score (nSPS) is 27.5. The first-order valence-corrected chi connectivity index (χ1v) is 20.4. The number of hydrogen-bond acceptors (Lipinski definition) is 10. The molecule has 3 aliphatic carbocycles. The number of rotatable bonds is 18. The molecule has 3 N–H and O–H groups in total. The van der Waals surface area contributed by atoms with Gasteiger partial charge in [0.1, 0.15) is 11.9 Å². The van der Waals surface area contributed by atoms with Crippen LogP contribution in [0.5, 0.6) is 17.2 Å². The second kappa shape index (κ2) is 16.4. The monoisotopic (exact) mass is 807 g/mol. The van der Waals surface area contributed by atoms with Gasteiger partial charge in [-0.2, -0.15) is 13.2 Å². The second-order valence-electron chi connectivity index (χ2n) is 16.5. The van der Waals surface area contributed by atoms with Gasteiger partial charge in [-0.1, -0.05) is 36.4 Å². The van der Waals surface area contributed by atoms with Gasteiger partial charge in [0.25, 0.3) is 0 Å². The van der Waals surface area contributed by atoms with Gasteiger partial charge in [0.15, 0.2) is 23.4 Å². The highest BCUT2D eigenvalue weighted by atomic mass is 19.4. The number of hydrogen-bond donors (Lipinski definition) is 3. The smallest absolute Gasteiger partial charge is 0.416 e. The third kappa shape index (κ3) is 7.81. The molecule has 3 aromatic carbocycles. The van der Waals surface area contributed by atoms with E-state index < -0.39 is 28.9 Å². The van der Waals surface area contributed by atoms with Crippen LogP contribution in [0.2, 0.25) is 0 Å². The first-order valence-electron chi connectivity index (χ1n) is 20.4. The molecule has 2 heterocycles. The van der Waals surface area contributed by atoms with E-state index in [2.05, 4.69) is 15.1 Å². The van der Waals surface area contributed by atoms with Crippen molar-refractivity contribution in [3.05, 3.63) is 89.0 Å². The van der Waals surface area contributed by atoms with Crippen molar-refractivity contribution in [2.45, 2.75) is 74.0 Å². The minimum absolute atomic E-state index is 0.0148. The highest BCUT2D eigenvalue weighted by Crippen LogP contribution is 2.65. The van der Waals surface area contributed by atoms with Crippen molar-refractivity contribution in [3.63, 3.8) is 0 Å². The number of phenols is 1. The summed E-state index contributed by atoms with van der Waals surface area (Å²) in [6.45, 7) is 4.81. The van der Waals surface area contributed by atoms with Crippen LogP contribution in [0, 0.1) is 11.8 Å². The number of ketones is 1. The van der Waals surface area contributed by atoms with Crippen LogP contribution in [0.1, 0.15) is 60.5 Å². The molecule has 3 fully saturated rings. The highest BCUT2D eigenvalue weighted by molar-refractivity contribution is 5.90. The SMILES string of the molecule is CN(CCOCCOCCNC(=O)[C@@H]1CC1CN1CC[C@]23c4c5ccc(O)c4O[C@H]2C(=O)CC[C@@]3(O)[C@H]1C5)CCC(Oc1ccc(C(F)(F)F)cc1)c1ccccc1. The molecular formula is C44H52F3N3O8. The predicted molar refractivity (Wildman–Crippen MR) is 207 cm³/mol. The van der Waals surface area contributed by atoms with Crippen LogP contribution in [0.25, 0.3) is 0 Å². The van der Waals surface area contributed by atoms with E-state index in [4.69, 9.17) is 18.9 Å². The first kappa shape index (κ1) is 40.6. The van der Waals surface area contributed by atoms with E-state index in [0.29, 0.717) is 96.3 Å². The summed E-state index contributed by atoms with van der Waals surface area (Å²) in [6.07, 6.45) is -2.33. The summed E-state index contributed by atoms with van der Waals surface area (Å²) in [5.41, 5.74) is 0.0750. The van der Waals surface area contributed by atoms with Crippen molar-refractivity contribution in [1.82, 2.24) is 15.1 Å². The van der Waals surface area contributed by atoms with Crippen molar-refractivity contribution < 1.29 is 51.9 Å². The number of ether oxygens (including phenoxy) is 4. The Balaban J connectivity index is 0.709. The standard InChI is InChI=1S/C44H52F3N3O8/c1-49(18-14-36(28-5-3-2-4-6-28)57-32-10-8-31(9-11-32)44(45,46)47)20-22-56-24-23-55-21-17-48-41(53)33-25-30(33)27-50-19-16-42-38-29-7-12-34(51)39(38)58-40(42)35(52)13-15-43(42,54)37(50)26-29/h2-12,30,33,36-37,40,51,54H,13-27H2,1H3,(H,48,53)/t30?,33-,36?,37-,40+,42+,43-/m1/s1. The number of nitrogens with zero attached hydrogens (tertiary/aromatic N) is 2. The van der Waals surface area contributed by atoms with Crippen LogP contribution in [0.15, 0.2) is 66.7 Å². The van der Waals surface area contributed by atoms with Crippen molar-refractivity contribution in [3.8, 4) is 17.2 Å².